The van der Waals surface area contributed by atoms with Crippen molar-refractivity contribution in [1.82, 2.24) is 10.9 Å². The molecule has 234 valence electrons. The van der Waals surface area contributed by atoms with E-state index >= 15 is 0 Å². The van der Waals surface area contributed by atoms with Crippen LogP contribution in [0.3, 0.4) is 0 Å². The number of nitrogens with zero attached hydrogens (tertiary/aromatic N) is 2. The van der Waals surface area contributed by atoms with E-state index in [4.69, 9.17) is 18.9 Å². The maximum absolute atomic E-state index is 12.3. The van der Waals surface area contributed by atoms with Crippen molar-refractivity contribution in [2.75, 3.05) is 14.2 Å². The Morgan fingerprint density at radius 3 is 1.33 bits per heavy atom. The summed E-state index contributed by atoms with van der Waals surface area (Å²) in [5, 5.41) is 7.80. The number of amides is 2. The summed E-state index contributed by atoms with van der Waals surface area (Å²) in [7, 11) is 2.87. The van der Waals surface area contributed by atoms with Crippen LogP contribution in [0, 0.1) is 0 Å². The molecule has 4 aromatic carbocycles. The van der Waals surface area contributed by atoms with Gasteiger partial charge in [0.05, 0.1) is 37.8 Å². The predicted octanol–water partition coefficient (Wildman–Crippen LogP) is 4.52. The normalized spacial score (nSPS) is 10.7. The van der Waals surface area contributed by atoms with Crippen molar-refractivity contribution >= 4 is 36.2 Å². The summed E-state index contributed by atoms with van der Waals surface area (Å²) in [5.74, 6) is -0.962. The van der Waals surface area contributed by atoms with Crippen LogP contribution in [-0.4, -0.2) is 50.4 Å². The lowest BCUT2D eigenvalue weighted by Crippen LogP contribution is -2.22. The minimum absolute atomic E-state index is 0.133. The van der Waals surface area contributed by atoms with Gasteiger partial charge in [-0.15, -0.1) is 0 Å². The van der Waals surface area contributed by atoms with Gasteiger partial charge in [0.15, 0.2) is 23.0 Å². The molecule has 4 aromatic rings. The van der Waals surface area contributed by atoms with E-state index < -0.39 is 23.8 Å². The smallest absolute Gasteiger partial charge is 0.343 e. The van der Waals surface area contributed by atoms with E-state index in [2.05, 4.69) is 21.1 Å². The summed E-state index contributed by atoms with van der Waals surface area (Å²) in [4.78, 5) is 49.0. The van der Waals surface area contributed by atoms with Gasteiger partial charge < -0.3 is 18.9 Å². The largest absolute Gasteiger partial charge is 0.493 e. The molecule has 0 spiro atoms. The van der Waals surface area contributed by atoms with Gasteiger partial charge in [-0.2, -0.15) is 10.2 Å². The Hall–Kier alpha value is -6.30. The highest BCUT2D eigenvalue weighted by atomic mass is 16.6. The Morgan fingerprint density at radius 2 is 0.957 bits per heavy atom. The number of hydrogen-bond acceptors (Lipinski definition) is 10. The van der Waals surface area contributed by atoms with Crippen molar-refractivity contribution in [2.24, 2.45) is 10.2 Å². The highest BCUT2D eigenvalue weighted by molar-refractivity contribution is 5.92. The summed E-state index contributed by atoms with van der Waals surface area (Å²) in [6.07, 6.45) is 2.50. The minimum Gasteiger partial charge on any atom is -0.493 e. The van der Waals surface area contributed by atoms with Crippen molar-refractivity contribution in [3.05, 3.63) is 119 Å². The molecule has 0 radical (unpaired) electrons. The molecule has 0 saturated heterocycles. The third kappa shape index (κ3) is 9.61. The minimum atomic E-state index is -0.528. The molecule has 0 aliphatic heterocycles. The Bertz CT molecular complexity index is 1610. The van der Waals surface area contributed by atoms with E-state index in [1.807, 2.05) is 0 Å². The zero-order valence-electron chi connectivity index (χ0n) is 25.0. The fourth-order valence-corrected chi connectivity index (χ4v) is 3.86. The van der Waals surface area contributed by atoms with Gasteiger partial charge in [-0.05, 0) is 71.8 Å². The predicted molar refractivity (Wildman–Crippen MR) is 169 cm³/mol. The maximum Gasteiger partial charge on any atom is 0.343 e. The Balaban J connectivity index is 1.21. The molecular weight excluding hydrogens is 592 g/mol. The number of esters is 2. The van der Waals surface area contributed by atoms with Crippen LogP contribution < -0.4 is 29.8 Å². The Morgan fingerprint density at radius 1 is 0.565 bits per heavy atom. The molecule has 0 bridgehead atoms. The maximum atomic E-state index is 12.3. The standard InChI is InChI=1S/C34H30N4O8/c1-43-29-19-23(13-15-27(29)45-33(41)25-9-5-3-6-10-25)21-35-37-31(39)17-18-32(40)38-36-22-24-14-16-28(30(20-24)44-2)46-34(42)26-11-7-4-8-12-26/h3-16,19-22H,17-18H2,1-2H3,(H,37,39)(H,38,40)/b35-21+,36-22+. The van der Waals surface area contributed by atoms with Gasteiger partial charge >= 0.3 is 11.9 Å². The second-order valence-electron chi connectivity index (χ2n) is 9.42. The van der Waals surface area contributed by atoms with Gasteiger partial charge in [0.25, 0.3) is 0 Å². The van der Waals surface area contributed by atoms with Gasteiger partial charge in [0, 0.05) is 12.8 Å². The fraction of sp³-hybridized carbons (Fsp3) is 0.118. The zero-order chi connectivity index (χ0) is 32.7. The molecule has 0 unspecified atom stereocenters. The Labute approximate surface area is 264 Å². The molecule has 4 rings (SSSR count). The number of hydrazone groups is 2. The molecule has 12 nitrogen and oxygen atoms in total. The van der Waals surface area contributed by atoms with E-state index in [1.165, 1.54) is 26.6 Å². The van der Waals surface area contributed by atoms with Crippen LogP contribution in [0.1, 0.15) is 44.7 Å². The molecule has 0 atom stereocenters. The highest BCUT2D eigenvalue weighted by Gasteiger charge is 2.14. The second-order valence-corrected chi connectivity index (χ2v) is 9.42. The quantitative estimate of drug-likeness (QED) is 0.0955. The summed E-state index contributed by atoms with van der Waals surface area (Å²) < 4.78 is 21.5. The topological polar surface area (TPSA) is 154 Å². The van der Waals surface area contributed by atoms with E-state index in [-0.39, 0.29) is 24.3 Å². The van der Waals surface area contributed by atoms with Crippen molar-refractivity contribution in [3.63, 3.8) is 0 Å². The van der Waals surface area contributed by atoms with Gasteiger partial charge in [-0.3, -0.25) is 9.59 Å². The molecule has 0 heterocycles. The van der Waals surface area contributed by atoms with E-state index in [0.717, 1.165) is 0 Å². The number of hydrogen-bond donors (Lipinski definition) is 2. The van der Waals surface area contributed by atoms with Gasteiger partial charge in [0.2, 0.25) is 11.8 Å². The molecule has 0 aromatic heterocycles. The highest BCUT2D eigenvalue weighted by Crippen LogP contribution is 2.29. The monoisotopic (exact) mass is 622 g/mol. The van der Waals surface area contributed by atoms with Crippen LogP contribution in [0.4, 0.5) is 0 Å². The molecule has 46 heavy (non-hydrogen) atoms. The molecular formula is C34H30N4O8. The van der Waals surface area contributed by atoms with Crippen LogP contribution in [0.5, 0.6) is 23.0 Å². The number of ether oxygens (including phenoxy) is 4. The van der Waals surface area contributed by atoms with E-state index in [9.17, 15) is 19.2 Å². The number of rotatable bonds is 13. The van der Waals surface area contributed by atoms with Crippen LogP contribution >= 0.6 is 0 Å². The lowest BCUT2D eigenvalue weighted by atomic mass is 10.2. The van der Waals surface area contributed by atoms with Gasteiger partial charge in [-0.1, -0.05) is 36.4 Å². The van der Waals surface area contributed by atoms with E-state index in [1.54, 1.807) is 97.1 Å². The molecule has 12 heteroatoms. The first-order chi connectivity index (χ1) is 22.4. The third-order valence-electron chi connectivity index (χ3n) is 6.18. The van der Waals surface area contributed by atoms with E-state index in [0.29, 0.717) is 33.8 Å². The van der Waals surface area contributed by atoms with Crippen molar-refractivity contribution in [2.45, 2.75) is 12.8 Å². The van der Waals surface area contributed by atoms with Crippen LogP contribution in [0.15, 0.2) is 107 Å². The first kappa shape index (κ1) is 32.6. The lowest BCUT2D eigenvalue weighted by molar-refractivity contribution is -0.126. The van der Waals surface area contributed by atoms with Crippen molar-refractivity contribution < 1.29 is 38.1 Å². The summed E-state index contributed by atoms with van der Waals surface area (Å²) in [6.45, 7) is 0. The first-order valence-electron chi connectivity index (χ1n) is 13.9. The number of nitrogens with one attached hydrogen (secondary N) is 2. The SMILES string of the molecule is COc1cc(/C=N/NC(=O)CCC(=O)N/N=C/c2ccc(OC(=O)c3ccccc3)c(OC)c2)ccc1OC(=O)c1ccccc1. The fourth-order valence-electron chi connectivity index (χ4n) is 3.86. The third-order valence-corrected chi connectivity index (χ3v) is 6.18. The van der Waals surface area contributed by atoms with Crippen molar-refractivity contribution in [3.8, 4) is 23.0 Å². The van der Waals surface area contributed by atoms with Crippen LogP contribution in [0.2, 0.25) is 0 Å². The second kappa shape index (κ2) is 16.5. The molecule has 0 aliphatic carbocycles. The lowest BCUT2D eigenvalue weighted by Gasteiger charge is -2.10. The summed E-state index contributed by atoms with van der Waals surface area (Å²) in [6, 6.07) is 26.7. The molecule has 0 saturated carbocycles. The number of benzene rings is 4. The number of carbonyl (C=O) groups excluding carboxylic acids is 4. The molecule has 2 amide bonds. The molecule has 0 fully saturated rings. The summed E-state index contributed by atoms with van der Waals surface area (Å²) >= 11 is 0. The zero-order valence-corrected chi connectivity index (χ0v) is 25.0. The van der Waals surface area contributed by atoms with Crippen molar-refractivity contribution in [1.29, 1.82) is 0 Å². The average Bonchev–Trinajstić information content (AvgIpc) is 3.09. The van der Waals surface area contributed by atoms with Gasteiger partial charge in [-0.25, -0.2) is 20.4 Å². The summed E-state index contributed by atoms with van der Waals surface area (Å²) in [5.41, 5.74) is 6.64. The molecule has 2 N–H and O–H groups in total. The number of carbonyl (C=O) groups is 4. The number of methoxy groups -OCH3 is 2. The van der Waals surface area contributed by atoms with Gasteiger partial charge in [0.1, 0.15) is 0 Å². The van der Waals surface area contributed by atoms with Crippen LogP contribution in [-0.2, 0) is 9.59 Å². The van der Waals surface area contributed by atoms with Crippen LogP contribution in [0.25, 0.3) is 0 Å². The average molecular weight is 623 g/mol. The molecule has 0 aliphatic rings. The first-order valence-corrected chi connectivity index (χ1v) is 13.9. The Kier molecular flexibility index (Phi) is 11.7.